The third-order valence-corrected chi connectivity index (χ3v) is 5.81. The van der Waals surface area contributed by atoms with Crippen LogP contribution in [-0.2, 0) is 16.0 Å². The van der Waals surface area contributed by atoms with Crippen LogP contribution in [0.2, 0.25) is 0 Å². The molecule has 0 bridgehead atoms. The third kappa shape index (κ3) is 3.22. The number of amides is 1. The lowest BCUT2D eigenvalue weighted by atomic mass is 10.1. The molecular weight excluding hydrogens is 380 g/mol. The molecule has 1 amide bonds. The van der Waals surface area contributed by atoms with Crippen molar-refractivity contribution >= 4 is 44.7 Å². The smallest absolute Gasteiger partial charge is 0.348 e. The fraction of sp³-hybridized carbons (Fsp3) is 0.200. The maximum atomic E-state index is 12.6. The highest BCUT2D eigenvalue weighted by molar-refractivity contribution is 7.20. The maximum absolute atomic E-state index is 12.6. The fourth-order valence-electron chi connectivity index (χ4n) is 3.46. The molecule has 0 spiro atoms. The molecule has 28 heavy (non-hydrogen) atoms. The molecule has 0 radical (unpaired) electrons. The summed E-state index contributed by atoms with van der Waals surface area (Å²) >= 11 is 1.18. The number of ether oxygens (including phenoxy) is 1. The molecular formula is C20H16N2O5S. The number of para-hydroxylation sites is 1. The van der Waals surface area contributed by atoms with Gasteiger partial charge in [-0.15, -0.1) is 11.3 Å². The highest BCUT2D eigenvalue weighted by Gasteiger charge is 2.31. The quantitative estimate of drug-likeness (QED) is 0.378. The Morgan fingerprint density at radius 2 is 2.04 bits per heavy atom. The Hall–Kier alpha value is -3.26. The Morgan fingerprint density at radius 1 is 1.25 bits per heavy atom. The number of thiophene rings is 1. The molecule has 142 valence electrons. The second kappa shape index (κ2) is 7.05. The molecule has 2 aromatic carbocycles. The van der Waals surface area contributed by atoms with Crippen LogP contribution in [0, 0.1) is 10.1 Å². The lowest BCUT2D eigenvalue weighted by Gasteiger charge is -2.22. The van der Waals surface area contributed by atoms with Crippen molar-refractivity contribution in [2.24, 2.45) is 0 Å². The molecule has 3 aromatic rings. The summed E-state index contributed by atoms with van der Waals surface area (Å²) in [6.07, 6.45) is 0.769. The number of nitro benzene ring substituents is 1. The van der Waals surface area contributed by atoms with E-state index in [1.54, 1.807) is 17.0 Å². The van der Waals surface area contributed by atoms with Crippen LogP contribution in [0.4, 0.5) is 11.4 Å². The summed E-state index contributed by atoms with van der Waals surface area (Å²) in [6.45, 7) is 1.60. The molecule has 0 saturated carbocycles. The first-order valence-electron chi connectivity index (χ1n) is 8.69. The van der Waals surface area contributed by atoms with Gasteiger partial charge in [-0.2, -0.15) is 0 Å². The molecule has 0 N–H and O–H groups in total. The van der Waals surface area contributed by atoms with Crippen LogP contribution in [0.5, 0.6) is 0 Å². The molecule has 0 aliphatic carbocycles. The monoisotopic (exact) mass is 396 g/mol. The van der Waals surface area contributed by atoms with Crippen molar-refractivity contribution in [2.45, 2.75) is 19.4 Å². The zero-order valence-corrected chi connectivity index (χ0v) is 15.8. The topological polar surface area (TPSA) is 89.8 Å². The summed E-state index contributed by atoms with van der Waals surface area (Å²) in [7, 11) is 0. The Labute approximate surface area is 164 Å². The minimum Gasteiger partial charge on any atom is -0.451 e. The van der Waals surface area contributed by atoms with Crippen LogP contribution in [0.1, 0.15) is 22.2 Å². The van der Waals surface area contributed by atoms with Crippen LogP contribution in [0.15, 0.2) is 48.5 Å². The number of carbonyl (C=O) groups excluding carboxylic acids is 2. The lowest BCUT2D eigenvalue weighted by molar-refractivity contribution is -0.384. The van der Waals surface area contributed by atoms with Gasteiger partial charge in [-0.05, 0) is 37.1 Å². The van der Waals surface area contributed by atoms with Crippen LogP contribution in [0.25, 0.3) is 10.1 Å². The first-order valence-corrected chi connectivity index (χ1v) is 9.51. The van der Waals surface area contributed by atoms with Gasteiger partial charge in [0.1, 0.15) is 4.88 Å². The first-order chi connectivity index (χ1) is 13.4. The van der Waals surface area contributed by atoms with E-state index in [9.17, 15) is 19.7 Å². The van der Waals surface area contributed by atoms with Crippen molar-refractivity contribution < 1.29 is 19.2 Å². The van der Waals surface area contributed by atoms with E-state index in [0.717, 1.165) is 22.4 Å². The van der Waals surface area contributed by atoms with Crippen molar-refractivity contribution in [3.63, 3.8) is 0 Å². The SMILES string of the molecule is C[C@@H]1Cc2ccccc2N1C(=O)COC(=O)c1cc2cc([N+](=O)[O-])ccc2s1. The molecule has 0 unspecified atom stereocenters. The van der Waals surface area contributed by atoms with Gasteiger partial charge in [0.05, 0.1) is 4.92 Å². The van der Waals surface area contributed by atoms with E-state index in [2.05, 4.69) is 0 Å². The van der Waals surface area contributed by atoms with Crippen molar-refractivity contribution in [1.29, 1.82) is 0 Å². The predicted octanol–water partition coefficient (Wildman–Crippen LogP) is 3.94. The standard InChI is InChI=1S/C20H16N2O5S/c1-12-8-13-4-2-3-5-16(13)21(12)19(23)11-27-20(24)18-10-14-9-15(22(25)26)6-7-17(14)28-18/h2-7,9-10,12H,8,11H2,1H3/t12-/m1/s1. The van der Waals surface area contributed by atoms with Crippen molar-refractivity contribution in [2.75, 3.05) is 11.5 Å². The van der Waals surface area contributed by atoms with Gasteiger partial charge >= 0.3 is 5.97 Å². The molecule has 1 aliphatic rings. The number of rotatable bonds is 4. The zero-order valence-electron chi connectivity index (χ0n) is 15.0. The van der Waals surface area contributed by atoms with Crippen molar-refractivity contribution in [3.05, 3.63) is 69.1 Å². The van der Waals surface area contributed by atoms with E-state index in [0.29, 0.717) is 10.3 Å². The van der Waals surface area contributed by atoms with Crippen LogP contribution >= 0.6 is 11.3 Å². The van der Waals surface area contributed by atoms with Crippen molar-refractivity contribution in [1.82, 2.24) is 0 Å². The van der Waals surface area contributed by atoms with Gasteiger partial charge in [-0.3, -0.25) is 14.9 Å². The average molecular weight is 396 g/mol. The number of nitro groups is 1. The summed E-state index contributed by atoms with van der Waals surface area (Å²) in [5, 5.41) is 11.5. The number of anilines is 1. The molecule has 7 nitrogen and oxygen atoms in total. The van der Waals surface area contributed by atoms with Crippen LogP contribution in [0.3, 0.4) is 0 Å². The Balaban J connectivity index is 1.46. The second-order valence-corrected chi connectivity index (χ2v) is 7.70. The Kier molecular flexibility index (Phi) is 4.56. The summed E-state index contributed by atoms with van der Waals surface area (Å²) < 4.78 is 5.96. The minimum absolute atomic E-state index is 0.00785. The highest BCUT2D eigenvalue weighted by atomic mass is 32.1. The number of carbonyl (C=O) groups is 2. The van der Waals surface area contributed by atoms with Gasteiger partial charge in [0, 0.05) is 33.9 Å². The van der Waals surface area contributed by atoms with Gasteiger partial charge in [0.15, 0.2) is 6.61 Å². The number of esters is 1. The number of fused-ring (bicyclic) bond motifs is 2. The summed E-state index contributed by atoms with van der Waals surface area (Å²) in [5.41, 5.74) is 1.91. The molecule has 4 rings (SSSR count). The van der Waals surface area contributed by atoms with Crippen LogP contribution < -0.4 is 4.90 Å². The fourth-order valence-corrected chi connectivity index (χ4v) is 4.40. The van der Waals surface area contributed by atoms with Gasteiger partial charge < -0.3 is 9.64 Å². The lowest BCUT2D eigenvalue weighted by Crippen LogP contribution is -2.38. The van der Waals surface area contributed by atoms with E-state index in [1.807, 2.05) is 31.2 Å². The molecule has 1 aliphatic heterocycles. The largest absolute Gasteiger partial charge is 0.451 e. The molecule has 1 atom stereocenters. The Morgan fingerprint density at radius 3 is 2.82 bits per heavy atom. The third-order valence-electron chi connectivity index (χ3n) is 4.71. The van der Waals surface area contributed by atoms with Crippen LogP contribution in [-0.4, -0.2) is 29.4 Å². The molecule has 1 aromatic heterocycles. The van der Waals surface area contributed by atoms with Gasteiger partial charge in [0.25, 0.3) is 11.6 Å². The first kappa shape index (κ1) is 18.1. The average Bonchev–Trinajstić information content (AvgIpc) is 3.25. The normalized spacial score (nSPS) is 15.5. The van der Waals surface area contributed by atoms with E-state index >= 15 is 0 Å². The number of nitrogens with zero attached hydrogens (tertiary/aromatic N) is 2. The predicted molar refractivity (Wildman–Crippen MR) is 106 cm³/mol. The van der Waals surface area contributed by atoms with E-state index in [-0.39, 0.29) is 24.2 Å². The van der Waals surface area contributed by atoms with E-state index in [4.69, 9.17) is 4.74 Å². The number of hydrogen-bond donors (Lipinski definition) is 0. The second-order valence-electron chi connectivity index (χ2n) is 6.61. The molecule has 0 fully saturated rings. The molecule has 2 heterocycles. The maximum Gasteiger partial charge on any atom is 0.348 e. The van der Waals surface area contributed by atoms with E-state index in [1.165, 1.54) is 23.5 Å². The molecule has 8 heteroatoms. The summed E-state index contributed by atoms with van der Waals surface area (Å²) in [6, 6.07) is 13.6. The highest BCUT2D eigenvalue weighted by Crippen LogP contribution is 2.32. The minimum atomic E-state index is -0.614. The summed E-state index contributed by atoms with van der Waals surface area (Å²) in [5.74, 6) is -0.889. The van der Waals surface area contributed by atoms with Crippen molar-refractivity contribution in [3.8, 4) is 0 Å². The Bertz CT molecular complexity index is 1110. The summed E-state index contributed by atoms with van der Waals surface area (Å²) in [4.78, 5) is 37.3. The molecule has 0 saturated heterocycles. The van der Waals surface area contributed by atoms with Gasteiger partial charge in [-0.25, -0.2) is 4.79 Å². The van der Waals surface area contributed by atoms with Gasteiger partial charge in [0.2, 0.25) is 0 Å². The van der Waals surface area contributed by atoms with Gasteiger partial charge in [-0.1, -0.05) is 18.2 Å². The number of benzene rings is 2. The number of hydrogen-bond acceptors (Lipinski definition) is 6. The zero-order chi connectivity index (χ0) is 19.8. The number of non-ortho nitro benzene ring substituents is 1. The van der Waals surface area contributed by atoms with E-state index < -0.39 is 10.9 Å².